The standard InChI is InChI=1S/C9H20O2/c1-2-3-4-6-9(11)7-5-8-10/h9-11H,2-8H2,1H3. The minimum Gasteiger partial charge on any atom is -0.396 e. The van der Waals surface area contributed by atoms with Crippen molar-refractivity contribution in [1.82, 2.24) is 0 Å². The van der Waals surface area contributed by atoms with Crippen molar-refractivity contribution in [1.29, 1.82) is 0 Å². The van der Waals surface area contributed by atoms with E-state index < -0.39 is 0 Å². The summed E-state index contributed by atoms with van der Waals surface area (Å²) in [4.78, 5) is 0. The molecule has 0 fully saturated rings. The van der Waals surface area contributed by atoms with Crippen molar-refractivity contribution in [2.45, 2.75) is 51.6 Å². The molecular weight excluding hydrogens is 140 g/mol. The third-order valence-corrected chi connectivity index (χ3v) is 1.84. The van der Waals surface area contributed by atoms with Crippen molar-refractivity contribution in [3.8, 4) is 0 Å². The molecular formula is C9H20O2. The minimum atomic E-state index is -0.186. The highest BCUT2D eigenvalue weighted by Crippen LogP contribution is 2.07. The van der Waals surface area contributed by atoms with E-state index in [0.717, 1.165) is 25.7 Å². The Morgan fingerprint density at radius 3 is 2.27 bits per heavy atom. The van der Waals surface area contributed by atoms with Crippen molar-refractivity contribution in [2.24, 2.45) is 0 Å². The molecule has 68 valence electrons. The first kappa shape index (κ1) is 10.9. The smallest absolute Gasteiger partial charge is 0.0541 e. The number of aliphatic hydroxyl groups is 2. The second-order valence-electron chi connectivity index (χ2n) is 3.02. The molecule has 0 amide bonds. The van der Waals surface area contributed by atoms with E-state index >= 15 is 0 Å². The van der Waals surface area contributed by atoms with Crippen LogP contribution in [0.2, 0.25) is 0 Å². The summed E-state index contributed by atoms with van der Waals surface area (Å²) in [6, 6.07) is 0. The molecule has 1 atom stereocenters. The molecule has 2 nitrogen and oxygen atoms in total. The molecule has 0 heterocycles. The largest absolute Gasteiger partial charge is 0.396 e. The molecule has 2 heteroatoms. The molecule has 0 saturated carbocycles. The van der Waals surface area contributed by atoms with Gasteiger partial charge in [0.1, 0.15) is 0 Å². The molecule has 0 aromatic rings. The van der Waals surface area contributed by atoms with E-state index in [0.29, 0.717) is 0 Å². The van der Waals surface area contributed by atoms with Crippen LogP contribution < -0.4 is 0 Å². The topological polar surface area (TPSA) is 40.5 Å². The van der Waals surface area contributed by atoms with E-state index in [1.807, 2.05) is 0 Å². The third-order valence-electron chi connectivity index (χ3n) is 1.84. The van der Waals surface area contributed by atoms with Crippen LogP contribution in [0, 0.1) is 0 Å². The van der Waals surface area contributed by atoms with Crippen LogP contribution in [0.25, 0.3) is 0 Å². The fraction of sp³-hybridized carbons (Fsp3) is 1.00. The molecule has 11 heavy (non-hydrogen) atoms. The fourth-order valence-electron chi connectivity index (χ4n) is 1.10. The van der Waals surface area contributed by atoms with Crippen molar-refractivity contribution < 1.29 is 10.2 Å². The SMILES string of the molecule is CCCCCC(O)CCCO. The molecule has 2 N–H and O–H groups in total. The van der Waals surface area contributed by atoms with Gasteiger partial charge in [-0.3, -0.25) is 0 Å². The van der Waals surface area contributed by atoms with E-state index in [1.165, 1.54) is 12.8 Å². The van der Waals surface area contributed by atoms with Crippen LogP contribution in [-0.2, 0) is 0 Å². The van der Waals surface area contributed by atoms with Gasteiger partial charge in [0.25, 0.3) is 0 Å². The van der Waals surface area contributed by atoms with Crippen LogP contribution in [0.15, 0.2) is 0 Å². The lowest BCUT2D eigenvalue weighted by molar-refractivity contribution is 0.138. The Kier molecular flexibility index (Phi) is 7.96. The number of hydrogen-bond acceptors (Lipinski definition) is 2. The van der Waals surface area contributed by atoms with Gasteiger partial charge in [0, 0.05) is 6.61 Å². The van der Waals surface area contributed by atoms with E-state index in [-0.39, 0.29) is 12.7 Å². The molecule has 1 unspecified atom stereocenters. The van der Waals surface area contributed by atoms with Gasteiger partial charge in [0.15, 0.2) is 0 Å². The summed E-state index contributed by atoms with van der Waals surface area (Å²) in [6.45, 7) is 2.35. The molecule has 0 aromatic carbocycles. The van der Waals surface area contributed by atoms with Crippen molar-refractivity contribution in [3.05, 3.63) is 0 Å². The molecule has 0 aliphatic heterocycles. The lowest BCUT2D eigenvalue weighted by atomic mass is 10.1. The molecule has 0 radical (unpaired) electrons. The maximum atomic E-state index is 9.30. The second kappa shape index (κ2) is 8.02. The van der Waals surface area contributed by atoms with Gasteiger partial charge in [-0.25, -0.2) is 0 Å². The molecule has 0 bridgehead atoms. The number of aliphatic hydroxyl groups excluding tert-OH is 2. The summed E-state index contributed by atoms with van der Waals surface area (Å²) in [7, 11) is 0. The van der Waals surface area contributed by atoms with Crippen LogP contribution in [0.1, 0.15) is 45.4 Å². The predicted octanol–water partition coefficient (Wildman–Crippen LogP) is 1.70. The van der Waals surface area contributed by atoms with E-state index in [2.05, 4.69) is 6.92 Å². The average Bonchev–Trinajstić information content (AvgIpc) is 2.01. The molecule has 0 rings (SSSR count). The zero-order chi connectivity index (χ0) is 8.53. The normalized spacial score (nSPS) is 13.4. The first-order valence-electron chi connectivity index (χ1n) is 4.60. The highest BCUT2D eigenvalue weighted by atomic mass is 16.3. The zero-order valence-electron chi connectivity index (χ0n) is 7.42. The van der Waals surface area contributed by atoms with Crippen LogP contribution in [0.3, 0.4) is 0 Å². The Morgan fingerprint density at radius 2 is 1.73 bits per heavy atom. The van der Waals surface area contributed by atoms with Gasteiger partial charge in [-0.2, -0.15) is 0 Å². The lowest BCUT2D eigenvalue weighted by Gasteiger charge is -2.07. The highest BCUT2D eigenvalue weighted by molar-refractivity contribution is 4.55. The third kappa shape index (κ3) is 7.82. The number of rotatable bonds is 7. The molecule has 0 aliphatic rings. The maximum absolute atomic E-state index is 9.30. The summed E-state index contributed by atoms with van der Waals surface area (Å²) < 4.78 is 0. The summed E-state index contributed by atoms with van der Waals surface area (Å²) in [5, 5.41) is 17.8. The maximum Gasteiger partial charge on any atom is 0.0541 e. The van der Waals surface area contributed by atoms with E-state index in [1.54, 1.807) is 0 Å². The van der Waals surface area contributed by atoms with Gasteiger partial charge in [-0.1, -0.05) is 26.2 Å². The van der Waals surface area contributed by atoms with E-state index in [4.69, 9.17) is 5.11 Å². The Bertz CT molecular complexity index is 74.0. The highest BCUT2D eigenvalue weighted by Gasteiger charge is 2.01. The van der Waals surface area contributed by atoms with Gasteiger partial charge in [-0.15, -0.1) is 0 Å². The van der Waals surface area contributed by atoms with Crippen LogP contribution >= 0.6 is 0 Å². The Labute approximate surface area is 69.2 Å². The van der Waals surface area contributed by atoms with Gasteiger partial charge in [0.05, 0.1) is 6.10 Å². The summed E-state index contributed by atoms with van der Waals surface area (Å²) in [5.74, 6) is 0. The fourth-order valence-corrected chi connectivity index (χ4v) is 1.10. The monoisotopic (exact) mass is 160 g/mol. The van der Waals surface area contributed by atoms with Gasteiger partial charge in [-0.05, 0) is 19.3 Å². The first-order valence-corrected chi connectivity index (χ1v) is 4.60. The van der Waals surface area contributed by atoms with Crippen molar-refractivity contribution >= 4 is 0 Å². The van der Waals surface area contributed by atoms with Crippen LogP contribution in [0.5, 0.6) is 0 Å². The second-order valence-corrected chi connectivity index (χ2v) is 3.02. The van der Waals surface area contributed by atoms with Crippen LogP contribution in [0.4, 0.5) is 0 Å². The average molecular weight is 160 g/mol. The van der Waals surface area contributed by atoms with E-state index in [9.17, 15) is 5.11 Å². The number of unbranched alkanes of at least 4 members (excludes halogenated alkanes) is 2. The van der Waals surface area contributed by atoms with Gasteiger partial charge >= 0.3 is 0 Å². The lowest BCUT2D eigenvalue weighted by Crippen LogP contribution is -2.06. The van der Waals surface area contributed by atoms with Crippen molar-refractivity contribution in [3.63, 3.8) is 0 Å². The Balaban J connectivity index is 3.02. The molecule has 0 saturated heterocycles. The van der Waals surface area contributed by atoms with Gasteiger partial charge in [0.2, 0.25) is 0 Å². The first-order chi connectivity index (χ1) is 5.31. The number of hydrogen-bond donors (Lipinski definition) is 2. The summed E-state index contributed by atoms with van der Waals surface area (Å²) >= 11 is 0. The molecule has 0 aliphatic carbocycles. The zero-order valence-corrected chi connectivity index (χ0v) is 7.42. The van der Waals surface area contributed by atoms with Gasteiger partial charge < -0.3 is 10.2 Å². The Hall–Kier alpha value is -0.0800. The van der Waals surface area contributed by atoms with Crippen molar-refractivity contribution in [2.75, 3.05) is 6.61 Å². The molecule has 0 spiro atoms. The summed E-state index contributed by atoms with van der Waals surface area (Å²) in [5.41, 5.74) is 0. The van der Waals surface area contributed by atoms with Crippen LogP contribution in [-0.4, -0.2) is 22.9 Å². The quantitative estimate of drug-likeness (QED) is 0.556. The molecule has 0 aromatic heterocycles. The summed E-state index contributed by atoms with van der Waals surface area (Å²) in [6.07, 6.45) is 5.71. The minimum absolute atomic E-state index is 0.186. The predicted molar refractivity (Wildman–Crippen MR) is 46.5 cm³/mol. The Morgan fingerprint density at radius 1 is 1.09 bits per heavy atom.